The van der Waals surface area contributed by atoms with Crippen LogP contribution in [0, 0.1) is 0 Å². The fraction of sp³-hybridized carbons (Fsp3) is 0.240. The van der Waals surface area contributed by atoms with Crippen LogP contribution in [0.4, 0.5) is 0 Å². The smallest absolute Gasteiger partial charge is 0.223 e. The molecule has 0 atom stereocenters. The van der Waals surface area contributed by atoms with E-state index in [9.17, 15) is 13.2 Å². The minimum Gasteiger partial charge on any atom is -0.342 e. The van der Waals surface area contributed by atoms with Crippen molar-refractivity contribution in [2.75, 3.05) is 12.8 Å². The molecule has 0 radical (unpaired) electrons. The number of carbonyl (C=O) groups is 1. The van der Waals surface area contributed by atoms with Gasteiger partial charge in [-0.1, -0.05) is 67.7 Å². The second-order valence-corrected chi connectivity index (χ2v) is 12.2. The predicted octanol–water partition coefficient (Wildman–Crippen LogP) is 6.34. The van der Waals surface area contributed by atoms with Crippen molar-refractivity contribution in [3.8, 4) is 0 Å². The Labute approximate surface area is 217 Å². The third-order valence-electron chi connectivity index (χ3n) is 5.47. The molecule has 0 bridgehead atoms. The van der Waals surface area contributed by atoms with Gasteiger partial charge in [0.2, 0.25) is 5.91 Å². The molecule has 0 saturated carbocycles. The number of hydrogen-bond donors (Lipinski definition) is 0. The van der Waals surface area contributed by atoms with Gasteiger partial charge in [-0.05, 0) is 72.5 Å². The molecule has 1 amide bonds. The van der Waals surface area contributed by atoms with Crippen molar-refractivity contribution in [3.63, 3.8) is 0 Å². The first-order chi connectivity index (χ1) is 15.6. The number of benzene rings is 3. The Morgan fingerprint density at radius 1 is 0.848 bits per heavy atom. The zero-order valence-corrected chi connectivity index (χ0v) is 22.8. The lowest BCUT2D eigenvalue weighted by molar-refractivity contribution is -0.131. The summed E-state index contributed by atoms with van der Waals surface area (Å²) < 4.78 is 27.3. The van der Waals surface area contributed by atoms with Gasteiger partial charge >= 0.3 is 0 Å². The molecule has 0 unspecified atom stereocenters. The lowest BCUT2D eigenvalue weighted by Crippen LogP contribution is -2.40. The number of nitrogens with zero attached hydrogens (tertiary/aromatic N) is 1. The number of carbonyl (C=O) groups excluding carboxylic acids is 1. The summed E-state index contributed by atoms with van der Waals surface area (Å²) in [5, 5.41) is 0.466. The quantitative estimate of drug-likeness (QED) is 0.283. The van der Waals surface area contributed by atoms with E-state index in [1.54, 1.807) is 11.9 Å². The van der Waals surface area contributed by atoms with Crippen LogP contribution in [-0.4, -0.2) is 38.1 Å². The molecule has 3 aromatic carbocycles. The Bertz CT molecular complexity index is 1130. The maximum absolute atomic E-state index is 13.0. The third kappa shape index (κ3) is 7.67. The first-order valence-electron chi connectivity index (χ1n) is 10.4. The summed E-state index contributed by atoms with van der Waals surface area (Å²) in [5.74, 6) is -0.451. The average Bonchev–Trinajstić information content (AvgIpc) is 2.79. The van der Waals surface area contributed by atoms with E-state index < -0.39 is 9.84 Å². The molecule has 0 fully saturated rings. The summed E-state index contributed by atoms with van der Waals surface area (Å²) in [6.07, 6.45) is 1.24. The zero-order valence-electron chi connectivity index (χ0n) is 18.0. The van der Waals surface area contributed by atoms with Crippen LogP contribution in [-0.2, 0) is 27.5 Å². The fourth-order valence-corrected chi connectivity index (χ4v) is 5.38. The van der Waals surface area contributed by atoms with Gasteiger partial charge in [-0.25, -0.2) is 8.42 Å². The first-order valence-corrected chi connectivity index (χ1v) is 14.0. The van der Waals surface area contributed by atoms with Gasteiger partial charge in [-0.15, -0.1) is 0 Å². The summed E-state index contributed by atoms with van der Waals surface area (Å²) in [6.45, 7) is 0. The molecule has 4 nitrogen and oxygen atoms in total. The van der Waals surface area contributed by atoms with E-state index in [-0.39, 0.29) is 29.0 Å². The number of halogens is 3. The lowest BCUT2D eigenvalue weighted by Gasteiger charge is -2.29. The molecular formula is C25H24Br2ClNO3S. The highest BCUT2D eigenvalue weighted by atomic mass is 79.9. The normalized spacial score (nSPS) is 11.5. The summed E-state index contributed by atoms with van der Waals surface area (Å²) in [4.78, 5) is 14.9. The summed E-state index contributed by atoms with van der Waals surface area (Å²) >= 11 is 12.8. The van der Waals surface area contributed by atoms with E-state index in [1.165, 1.54) is 24.3 Å². The third-order valence-corrected chi connectivity index (χ3v) is 8.51. The minimum absolute atomic E-state index is 0.0847. The highest BCUT2D eigenvalue weighted by Gasteiger charge is 2.23. The number of sulfone groups is 1. The van der Waals surface area contributed by atoms with Gasteiger partial charge in [-0.3, -0.25) is 4.79 Å². The van der Waals surface area contributed by atoms with E-state index in [2.05, 4.69) is 31.9 Å². The molecule has 0 N–H and O–H groups in total. The van der Waals surface area contributed by atoms with Crippen LogP contribution in [0.5, 0.6) is 0 Å². The topological polar surface area (TPSA) is 54.5 Å². The second kappa shape index (κ2) is 11.6. The largest absolute Gasteiger partial charge is 0.342 e. The van der Waals surface area contributed by atoms with Crippen molar-refractivity contribution in [2.24, 2.45) is 0 Å². The summed E-state index contributed by atoms with van der Waals surface area (Å²) in [5.41, 5.74) is 2.21. The van der Waals surface area contributed by atoms with Crippen molar-refractivity contribution in [1.29, 1.82) is 0 Å². The van der Waals surface area contributed by atoms with Crippen molar-refractivity contribution < 1.29 is 13.2 Å². The minimum atomic E-state index is -3.58. The number of rotatable bonds is 9. The molecule has 0 aliphatic carbocycles. The van der Waals surface area contributed by atoms with Gasteiger partial charge in [0, 0.05) is 33.5 Å². The van der Waals surface area contributed by atoms with Gasteiger partial charge < -0.3 is 4.90 Å². The second-order valence-electron chi connectivity index (χ2n) is 7.84. The van der Waals surface area contributed by atoms with E-state index in [0.717, 1.165) is 20.1 Å². The Hall–Kier alpha value is -1.67. The first kappa shape index (κ1) is 25.9. The number of likely N-dealkylation sites (N-methyl/N-ethyl adjacent to an activating group) is 1. The monoisotopic (exact) mass is 611 g/mol. The molecule has 0 heterocycles. The van der Waals surface area contributed by atoms with Crippen molar-refractivity contribution in [3.05, 3.63) is 97.9 Å². The Balaban J connectivity index is 1.73. The van der Waals surface area contributed by atoms with E-state index in [1.807, 2.05) is 48.5 Å². The van der Waals surface area contributed by atoms with Crippen LogP contribution in [0.3, 0.4) is 0 Å². The molecular weight excluding hydrogens is 590 g/mol. The maximum Gasteiger partial charge on any atom is 0.223 e. The number of amides is 1. The predicted molar refractivity (Wildman–Crippen MR) is 140 cm³/mol. The van der Waals surface area contributed by atoms with Crippen LogP contribution < -0.4 is 0 Å². The lowest BCUT2D eigenvalue weighted by atomic mass is 9.97. The number of hydrogen-bond acceptors (Lipinski definition) is 3. The molecule has 0 saturated heterocycles. The molecule has 0 aromatic heterocycles. The molecule has 33 heavy (non-hydrogen) atoms. The zero-order chi connectivity index (χ0) is 24.0. The van der Waals surface area contributed by atoms with Crippen LogP contribution >= 0.6 is 43.5 Å². The van der Waals surface area contributed by atoms with Crippen molar-refractivity contribution >= 4 is 59.2 Å². The van der Waals surface area contributed by atoms with Crippen molar-refractivity contribution in [1.82, 2.24) is 4.90 Å². The summed E-state index contributed by atoms with van der Waals surface area (Å²) in [7, 11) is -1.83. The van der Waals surface area contributed by atoms with Gasteiger partial charge in [0.15, 0.2) is 9.84 Å². The van der Waals surface area contributed by atoms with Gasteiger partial charge in [0.25, 0.3) is 0 Å². The molecule has 3 rings (SSSR count). The average molecular weight is 614 g/mol. The Kier molecular flexibility index (Phi) is 9.16. The molecule has 0 aliphatic rings. The SMILES string of the molecule is CN(C(=O)CCS(=O)(=O)c1ccc(Cl)cc1)C(Cc1ccc(Br)cc1)Cc1ccc(Br)cc1. The maximum atomic E-state index is 13.0. The molecule has 3 aromatic rings. The fourth-order valence-electron chi connectivity index (χ4n) is 3.49. The van der Waals surface area contributed by atoms with E-state index in [0.29, 0.717) is 17.9 Å². The van der Waals surface area contributed by atoms with Crippen molar-refractivity contribution in [2.45, 2.75) is 30.2 Å². The molecule has 0 spiro atoms. The summed E-state index contributed by atoms with van der Waals surface area (Å²) in [6, 6.07) is 21.9. The van der Waals surface area contributed by atoms with Crippen LogP contribution in [0.15, 0.2) is 86.6 Å². The Morgan fingerprint density at radius 3 is 1.76 bits per heavy atom. The molecule has 8 heteroatoms. The standard InChI is InChI=1S/C25H24Br2ClNO3S/c1-29(25(30)14-15-33(31,32)24-12-10-22(28)11-13-24)23(16-18-2-6-20(26)7-3-18)17-19-4-8-21(27)9-5-19/h2-13,23H,14-17H2,1H3. The van der Waals surface area contributed by atoms with Crippen LogP contribution in [0.2, 0.25) is 5.02 Å². The highest BCUT2D eigenvalue weighted by molar-refractivity contribution is 9.10. The highest BCUT2D eigenvalue weighted by Crippen LogP contribution is 2.20. The molecule has 174 valence electrons. The van der Waals surface area contributed by atoms with Crippen LogP contribution in [0.25, 0.3) is 0 Å². The van der Waals surface area contributed by atoms with Gasteiger partial charge in [0.05, 0.1) is 10.6 Å². The van der Waals surface area contributed by atoms with E-state index >= 15 is 0 Å². The van der Waals surface area contributed by atoms with Gasteiger partial charge in [-0.2, -0.15) is 0 Å². The van der Waals surface area contributed by atoms with Gasteiger partial charge in [0.1, 0.15) is 0 Å². The van der Waals surface area contributed by atoms with E-state index in [4.69, 9.17) is 11.6 Å². The molecule has 0 aliphatic heterocycles. The van der Waals surface area contributed by atoms with Crippen LogP contribution in [0.1, 0.15) is 17.5 Å². The Morgan fingerprint density at radius 2 is 1.30 bits per heavy atom.